The Hall–Kier alpha value is -3.68. The number of nitrogens with one attached hydrogen (secondary N) is 4. The number of benzene rings is 2. The molecule has 0 spiro atoms. The number of H-pyrrole nitrogens is 2. The molecule has 0 bridgehead atoms. The van der Waals surface area contributed by atoms with Crippen LogP contribution in [0.2, 0.25) is 5.02 Å². The molecule has 8 heteroatoms. The van der Waals surface area contributed by atoms with Crippen molar-refractivity contribution in [1.29, 1.82) is 0 Å². The average Bonchev–Trinajstić information content (AvgIpc) is 3.44. The van der Waals surface area contributed by atoms with Crippen molar-refractivity contribution in [2.45, 2.75) is 6.54 Å². The van der Waals surface area contributed by atoms with Gasteiger partial charge in [0.15, 0.2) is 5.82 Å². The van der Waals surface area contributed by atoms with Crippen LogP contribution in [0, 0.1) is 0 Å². The van der Waals surface area contributed by atoms with E-state index in [0.29, 0.717) is 16.7 Å². The molecule has 0 aliphatic rings. The first-order valence-corrected chi connectivity index (χ1v) is 10.2. The van der Waals surface area contributed by atoms with E-state index in [0.717, 1.165) is 45.5 Å². The van der Waals surface area contributed by atoms with Crippen molar-refractivity contribution in [3.8, 4) is 22.5 Å². The van der Waals surface area contributed by atoms with Gasteiger partial charge in [-0.05, 0) is 49.0 Å². The smallest absolute Gasteiger partial charge is 0.163 e. The summed E-state index contributed by atoms with van der Waals surface area (Å²) in [6.45, 7) is 0.761. The highest BCUT2D eigenvalue weighted by Crippen LogP contribution is 2.31. The van der Waals surface area contributed by atoms with Crippen molar-refractivity contribution in [3.63, 3.8) is 0 Å². The largest absolute Gasteiger partial charge is 0.357 e. The van der Waals surface area contributed by atoms with E-state index in [2.05, 4.69) is 41.8 Å². The summed E-state index contributed by atoms with van der Waals surface area (Å²) in [7, 11) is 1.92. The van der Waals surface area contributed by atoms with E-state index in [1.807, 2.05) is 55.7 Å². The molecule has 4 N–H and O–H groups in total. The first-order chi connectivity index (χ1) is 15.2. The first kappa shape index (κ1) is 19.3. The minimum atomic E-state index is 0.566. The number of hydrogen-bond donors (Lipinski definition) is 4. The van der Waals surface area contributed by atoms with Gasteiger partial charge in [0.2, 0.25) is 0 Å². The van der Waals surface area contributed by atoms with Gasteiger partial charge in [0.05, 0.1) is 11.2 Å². The molecule has 5 rings (SSSR count). The molecule has 0 amide bonds. The summed E-state index contributed by atoms with van der Waals surface area (Å²) in [5.41, 5.74) is 5.95. The van der Waals surface area contributed by atoms with Crippen LogP contribution in [0.1, 0.15) is 5.69 Å². The number of rotatable bonds is 6. The predicted molar refractivity (Wildman–Crippen MR) is 124 cm³/mol. The highest BCUT2D eigenvalue weighted by molar-refractivity contribution is 6.34. The number of hydrogen-bond acceptors (Lipinski definition) is 5. The standard InChI is InChI=1S/C23H20ClN7/c1-25-13-18-8-15-9-20(24)19(10-21(15)29-18)23-26-7-6-22(31-23)30-17-4-2-14(3-5-17)16-11-27-28-12-16/h2-12,25,29H,13H2,1H3,(H,27,28)(H,26,30,31). The number of fused-ring (bicyclic) bond motifs is 1. The second-order valence-electron chi connectivity index (χ2n) is 7.20. The molecule has 0 saturated carbocycles. The maximum atomic E-state index is 6.57. The van der Waals surface area contributed by atoms with Crippen LogP contribution in [0.25, 0.3) is 33.4 Å². The Balaban J connectivity index is 1.41. The Morgan fingerprint density at radius 2 is 1.90 bits per heavy atom. The van der Waals surface area contributed by atoms with Crippen molar-refractivity contribution in [2.24, 2.45) is 0 Å². The zero-order valence-corrected chi connectivity index (χ0v) is 17.5. The van der Waals surface area contributed by atoms with E-state index in [4.69, 9.17) is 11.6 Å². The fourth-order valence-corrected chi connectivity index (χ4v) is 3.79. The summed E-state index contributed by atoms with van der Waals surface area (Å²) in [5.74, 6) is 1.26. The van der Waals surface area contributed by atoms with Gasteiger partial charge in [0.25, 0.3) is 0 Å². The minimum Gasteiger partial charge on any atom is -0.357 e. The molecule has 3 aromatic heterocycles. The van der Waals surface area contributed by atoms with Crippen molar-refractivity contribution in [2.75, 3.05) is 12.4 Å². The molecule has 0 atom stereocenters. The van der Waals surface area contributed by atoms with Gasteiger partial charge >= 0.3 is 0 Å². The lowest BCUT2D eigenvalue weighted by atomic mass is 10.1. The maximum absolute atomic E-state index is 6.57. The fourth-order valence-electron chi connectivity index (χ4n) is 3.53. The maximum Gasteiger partial charge on any atom is 0.163 e. The van der Waals surface area contributed by atoms with Gasteiger partial charge in [0.1, 0.15) is 5.82 Å². The zero-order valence-electron chi connectivity index (χ0n) is 16.8. The highest BCUT2D eigenvalue weighted by atomic mass is 35.5. The molecule has 31 heavy (non-hydrogen) atoms. The monoisotopic (exact) mass is 429 g/mol. The molecule has 0 saturated heterocycles. The van der Waals surface area contributed by atoms with Crippen LogP contribution in [-0.4, -0.2) is 32.2 Å². The van der Waals surface area contributed by atoms with E-state index in [1.165, 1.54) is 0 Å². The van der Waals surface area contributed by atoms with E-state index < -0.39 is 0 Å². The summed E-state index contributed by atoms with van der Waals surface area (Å²) in [6, 6.07) is 15.9. The van der Waals surface area contributed by atoms with Crippen LogP contribution < -0.4 is 10.6 Å². The SMILES string of the molecule is CNCc1cc2cc(Cl)c(-c3nccc(Nc4ccc(-c5cn[nH]c5)cc4)n3)cc2[nH]1. The lowest BCUT2D eigenvalue weighted by Crippen LogP contribution is -2.04. The van der Waals surface area contributed by atoms with Crippen molar-refractivity contribution < 1.29 is 0 Å². The van der Waals surface area contributed by atoms with Crippen LogP contribution in [-0.2, 0) is 6.54 Å². The molecule has 0 radical (unpaired) electrons. The van der Waals surface area contributed by atoms with Gasteiger partial charge < -0.3 is 15.6 Å². The lowest BCUT2D eigenvalue weighted by molar-refractivity contribution is 0.800. The van der Waals surface area contributed by atoms with E-state index >= 15 is 0 Å². The normalized spacial score (nSPS) is 11.2. The molecule has 5 aromatic rings. The lowest BCUT2D eigenvalue weighted by Gasteiger charge is -2.09. The summed E-state index contributed by atoms with van der Waals surface area (Å²) < 4.78 is 0. The topological polar surface area (TPSA) is 94.3 Å². The molecule has 2 aromatic carbocycles. The molecule has 0 unspecified atom stereocenters. The quantitative estimate of drug-likeness (QED) is 0.300. The zero-order chi connectivity index (χ0) is 21.2. The third-order valence-electron chi connectivity index (χ3n) is 5.02. The van der Waals surface area contributed by atoms with Gasteiger partial charge in [-0.3, -0.25) is 5.10 Å². The molecule has 154 valence electrons. The van der Waals surface area contributed by atoms with E-state index in [1.54, 1.807) is 12.4 Å². The van der Waals surface area contributed by atoms with Crippen LogP contribution in [0.4, 0.5) is 11.5 Å². The van der Waals surface area contributed by atoms with Crippen molar-refractivity contribution in [1.82, 2.24) is 30.5 Å². The summed E-state index contributed by atoms with van der Waals surface area (Å²) >= 11 is 6.57. The van der Waals surface area contributed by atoms with Gasteiger partial charge in [-0.2, -0.15) is 5.10 Å². The summed E-state index contributed by atoms with van der Waals surface area (Å²) in [6.07, 6.45) is 5.39. The molecule has 0 aliphatic carbocycles. The summed E-state index contributed by atoms with van der Waals surface area (Å²) in [5, 5.41) is 15.0. The van der Waals surface area contributed by atoms with E-state index in [-0.39, 0.29) is 0 Å². The van der Waals surface area contributed by atoms with Crippen molar-refractivity contribution in [3.05, 3.63) is 77.8 Å². The third-order valence-corrected chi connectivity index (χ3v) is 5.33. The number of aromatic amines is 2. The average molecular weight is 430 g/mol. The summed E-state index contributed by atoms with van der Waals surface area (Å²) in [4.78, 5) is 12.5. The van der Waals surface area contributed by atoms with Crippen LogP contribution >= 0.6 is 11.6 Å². The predicted octanol–water partition coefficient (Wildman–Crippen LogP) is 5.13. The number of aromatic nitrogens is 5. The Labute approximate surface area is 183 Å². The molecule has 3 heterocycles. The highest BCUT2D eigenvalue weighted by Gasteiger charge is 2.11. The van der Waals surface area contributed by atoms with Crippen LogP contribution in [0.3, 0.4) is 0 Å². The van der Waals surface area contributed by atoms with Crippen LogP contribution in [0.5, 0.6) is 0 Å². The second kappa shape index (κ2) is 8.22. The fraction of sp³-hybridized carbons (Fsp3) is 0.0870. The molecular formula is C23H20ClN7. The van der Waals surface area contributed by atoms with Gasteiger partial charge in [-0.1, -0.05) is 23.7 Å². The number of anilines is 2. The van der Waals surface area contributed by atoms with Gasteiger partial charge in [-0.15, -0.1) is 0 Å². The number of halogens is 1. The molecule has 7 nitrogen and oxygen atoms in total. The van der Waals surface area contributed by atoms with Crippen molar-refractivity contribution >= 4 is 34.0 Å². The Kier molecular flexibility index (Phi) is 5.11. The Bertz CT molecular complexity index is 1320. The number of nitrogens with zero attached hydrogens (tertiary/aromatic N) is 3. The molecule has 0 fully saturated rings. The minimum absolute atomic E-state index is 0.566. The third kappa shape index (κ3) is 4.01. The first-order valence-electron chi connectivity index (χ1n) is 9.85. The Morgan fingerprint density at radius 3 is 2.68 bits per heavy atom. The van der Waals surface area contributed by atoms with E-state index in [9.17, 15) is 0 Å². The Morgan fingerprint density at radius 1 is 1.03 bits per heavy atom. The molecule has 0 aliphatic heterocycles. The second-order valence-corrected chi connectivity index (χ2v) is 7.61. The van der Waals surface area contributed by atoms with Gasteiger partial charge in [-0.25, -0.2) is 9.97 Å². The van der Waals surface area contributed by atoms with Gasteiger partial charge in [0, 0.05) is 52.3 Å². The van der Waals surface area contributed by atoms with Crippen LogP contribution in [0.15, 0.2) is 67.1 Å². The molecular weight excluding hydrogens is 410 g/mol.